The highest BCUT2D eigenvalue weighted by molar-refractivity contribution is 5.92. The van der Waals surface area contributed by atoms with E-state index in [9.17, 15) is 4.79 Å². The van der Waals surface area contributed by atoms with Gasteiger partial charge in [-0.2, -0.15) is 0 Å². The van der Waals surface area contributed by atoms with Crippen LogP contribution in [0.2, 0.25) is 0 Å². The van der Waals surface area contributed by atoms with Gasteiger partial charge < -0.3 is 9.42 Å². The molecule has 0 bridgehead atoms. The van der Waals surface area contributed by atoms with Gasteiger partial charge in [0.2, 0.25) is 0 Å². The van der Waals surface area contributed by atoms with E-state index in [0.29, 0.717) is 5.69 Å². The van der Waals surface area contributed by atoms with Crippen LogP contribution >= 0.6 is 0 Å². The first-order valence-electron chi connectivity index (χ1n) is 8.34. The summed E-state index contributed by atoms with van der Waals surface area (Å²) in [6, 6.07) is 5.87. The second-order valence-electron chi connectivity index (χ2n) is 6.41. The van der Waals surface area contributed by atoms with E-state index in [1.54, 1.807) is 18.5 Å². The SMILES string of the molecule is CC(C)c1cc(C(=O)N2CCCCC[C@@H]2c2ccncc2)no1. The van der Waals surface area contributed by atoms with E-state index >= 15 is 0 Å². The lowest BCUT2D eigenvalue weighted by Gasteiger charge is -2.29. The molecular formula is C18H23N3O2. The van der Waals surface area contributed by atoms with Gasteiger partial charge in [-0.15, -0.1) is 0 Å². The summed E-state index contributed by atoms with van der Waals surface area (Å²) in [5.74, 6) is 0.942. The van der Waals surface area contributed by atoms with E-state index in [-0.39, 0.29) is 17.9 Å². The highest BCUT2D eigenvalue weighted by Crippen LogP contribution is 2.31. The second-order valence-corrected chi connectivity index (χ2v) is 6.41. The fourth-order valence-electron chi connectivity index (χ4n) is 3.09. The molecule has 122 valence electrons. The molecule has 0 radical (unpaired) electrons. The zero-order valence-electron chi connectivity index (χ0n) is 13.7. The first kappa shape index (κ1) is 15.7. The quantitative estimate of drug-likeness (QED) is 0.861. The number of pyridine rings is 1. The zero-order valence-corrected chi connectivity index (χ0v) is 13.7. The average molecular weight is 313 g/mol. The van der Waals surface area contributed by atoms with Crippen LogP contribution < -0.4 is 0 Å². The molecule has 1 aliphatic heterocycles. The van der Waals surface area contributed by atoms with Crippen molar-refractivity contribution in [2.45, 2.75) is 51.5 Å². The molecule has 0 spiro atoms. The monoisotopic (exact) mass is 313 g/mol. The molecule has 3 heterocycles. The number of carbonyl (C=O) groups is 1. The van der Waals surface area contributed by atoms with Crippen LogP contribution in [0.1, 0.15) is 73.3 Å². The molecule has 0 N–H and O–H groups in total. The lowest BCUT2D eigenvalue weighted by atomic mass is 10.0. The Hall–Kier alpha value is -2.17. The Morgan fingerprint density at radius 1 is 1.26 bits per heavy atom. The van der Waals surface area contributed by atoms with Crippen molar-refractivity contribution >= 4 is 5.91 Å². The number of hydrogen-bond donors (Lipinski definition) is 0. The molecule has 3 rings (SSSR count). The molecule has 2 aromatic heterocycles. The normalized spacial score (nSPS) is 18.9. The van der Waals surface area contributed by atoms with E-state index in [4.69, 9.17) is 4.52 Å². The predicted octanol–water partition coefficient (Wildman–Crippen LogP) is 3.95. The maximum Gasteiger partial charge on any atom is 0.276 e. The van der Waals surface area contributed by atoms with Crippen LogP contribution in [0, 0.1) is 0 Å². The van der Waals surface area contributed by atoms with Crippen molar-refractivity contribution in [2.75, 3.05) is 6.54 Å². The van der Waals surface area contributed by atoms with Gasteiger partial charge >= 0.3 is 0 Å². The van der Waals surface area contributed by atoms with Gasteiger partial charge in [-0.3, -0.25) is 9.78 Å². The van der Waals surface area contributed by atoms with Gasteiger partial charge in [-0.1, -0.05) is 31.8 Å². The van der Waals surface area contributed by atoms with Crippen molar-refractivity contribution in [3.63, 3.8) is 0 Å². The highest BCUT2D eigenvalue weighted by Gasteiger charge is 2.29. The summed E-state index contributed by atoms with van der Waals surface area (Å²) in [6.45, 7) is 4.82. The zero-order chi connectivity index (χ0) is 16.2. The Balaban J connectivity index is 1.88. The van der Waals surface area contributed by atoms with Crippen molar-refractivity contribution < 1.29 is 9.32 Å². The first-order valence-corrected chi connectivity index (χ1v) is 8.34. The van der Waals surface area contributed by atoms with Gasteiger partial charge in [-0.25, -0.2) is 0 Å². The van der Waals surface area contributed by atoms with Crippen molar-refractivity contribution in [2.24, 2.45) is 0 Å². The molecule has 1 saturated heterocycles. The fourth-order valence-corrected chi connectivity index (χ4v) is 3.09. The van der Waals surface area contributed by atoms with Gasteiger partial charge in [0.15, 0.2) is 5.69 Å². The maximum atomic E-state index is 13.0. The van der Waals surface area contributed by atoms with E-state index in [1.807, 2.05) is 30.9 Å². The Labute approximate surface area is 136 Å². The molecule has 1 amide bonds. The number of nitrogens with zero attached hydrogens (tertiary/aromatic N) is 3. The number of amides is 1. The lowest BCUT2D eigenvalue weighted by Crippen LogP contribution is -2.35. The third-order valence-electron chi connectivity index (χ3n) is 4.42. The minimum Gasteiger partial charge on any atom is -0.360 e. The topological polar surface area (TPSA) is 59.2 Å². The molecule has 0 aromatic carbocycles. The summed E-state index contributed by atoms with van der Waals surface area (Å²) in [4.78, 5) is 19.0. The smallest absolute Gasteiger partial charge is 0.276 e. The third-order valence-corrected chi connectivity index (χ3v) is 4.42. The minimum absolute atomic E-state index is 0.0376. The van der Waals surface area contributed by atoms with E-state index < -0.39 is 0 Å². The van der Waals surface area contributed by atoms with E-state index in [1.165, 1.54) is 0 Å². The van der Waals surface area contributed by atoms with Crippen LogP contribution in [0.4, 0.5) is 0 Å². The van der Waals surface area contributed by atoms with Gasteiger partial charge in [0.25, 0.3) is 5.91 Å². The Morgan fingerprint density at radius 2 is 2.04 bits per heavy atom. The number of rotatable bonds is 3. The lowest BCUT2D eigenvalue weighted by molar-refractivity contribution is 0.0670. The van der Waals surface area contributed by atoms with Crippen LogP contribution in [0.3, 0.4) is 0 Å². The minimum atomic E-state index is -0.0376. The van der Waals surface area contributed by atoms with E-state index in [2.05, 4.69) is 10.1 Å². The third kappa shape index (κ3) is 3.44. The summed E-state index contributed by atoms with van der Waals surface area (Å²) < 4.78 is 5.30. The summed E-state index contributed by atoms with van der Waals surface area (Å²) in [6.07, 6.45) is 7.87. The Morgan fingerprint density at radius 3 is 2.74 bits per heavy atom. The van der Waals surface area contributed by atoms with Gasteiger partial charge in [0.05, 0.1) is 6.04 Å². The Kier molecular flexibility index (Phi) is 4.74. The average Bonchev–Trinajstić information content (AvgIpc) is 2.94. The standard InChI is InChI=1S/C18H23N3O2/c1-13(2)17-12-15(20-23-17)18(22)21-11-5-3-4-6-16(21)14-7-9-19-10-8-14/h7-10,12-13,16H,3-6,11H2,1-2H3/t16-/m1/s1. The molecule has 2 aromatic rings. The maximum absolute atomic E-state index is 13.0. The number of aromatic nitrogens is 2. The number of hydrogen-bond acceptors (Lipinski definition) is 4. The molecule has 1 atom stereocenters. The first-order chi connectivity index (χ1) is 11.2. The molecule has 1 aliphatic rings. The van der Waals surface area contributed by atoms with Crippen LogP contribution in [0.5, 0.6) is 0 Å². The van der Waals surface area contributed by atoms with Crippen molar-refractivity contribution in [1.82, 2.24) is 15.0 Å². The second kappa shape index (κ2) is 6.94. The number of carbonyl (C=O) groups excluding carboxylic acids is 1. The van der Waals surface area contributed by atoms with Gasteiger partial charge in [0.1, 0.15) is 5.76 Å². The van der Waals surface area contributed by atoms with Crippen LogP contribution in [-0.4, -0.2) is 27.5 Å². The predicted molar refractivity (Wildman–Crippen MR) is 87.1 cm³/mol. The molecule has 1 fully saturated rings. The summed E-state index contributed by atoms with van der Waals surface area (Å²) >= 11 is 0. The molecule has 5 nitrogen and oxygen atoms in total. The van der Waals surface area contributed by atoms with Crippen molar-refractivity contribution in [3.8, 4) is 0 Å². The highest BCUT2D eigenvalue weighted by atomic mass is 16.5. The number of likely N-dealkylation sites (tertiary alicyclic amines) is 1. The summed E-state index contributed by atoms with van der Waals surface area (Å²) in [7, 11) is 0. The fraction of sp³-hybridized carbons (Fsp3) is 0.500. The molecule has 23 heavy (non-hydrogen) atoms. The van der Waals surface area contributed by atoms with Crippen LogP contribution in [0.15, 0.2) is 35.1 Å². The van der Waals surface area contributed by atoms with Gasteiger partial charge in [-0.05, 0) is 30.5 Å². The summed E-state index contributed by atoms with van der Waals surface area (Å²) in [5, 5.41) is 3.99. The Bertz CT molecular complexity index is 651. The van der Waals surface area contributed by atoms with Gasteiger partial charge in [0, 0.05) is 30.9 Å². The molecule has 5 heteroatoms. The molecular weight excluding hydrogens is 290 g/mol. The van der Waals surface area contributed by atoms with Crippen molar-refractivity contribution in [3.05, 3.63) is 47.6 Å². The van der Waals surface area contributed by atoms with Crippen LogP contribution in [0.25, 0.3) is 0 Å². The van der Waals surface area contributed by atoms with Crippen molar-refractivity contribution in [1.29, 1.82) is 0 Å². The van der Waals surface area contributed by atoms with E-state index in [0.717, 1.165) is 43.6 Å². The van der Waals surface area contributed by atoms with Crippen LogP contribution in [-0.2, 0) is 0 Å². The summed E-state index contributed by atoms with van der Waals surface area (Å²) in [5.41, 5.74) is 1.55. The molecule has 0 unspecified atom stereocenters. The molecule has 0 saturated carbocycles. The largest absolute Gasteiger partial charge is 0.360 e. The molecule has 0 aliphatic carbocycles.